The van der Waals surface area contributed by atoms with E-state index in [1.54, 1.807) is 0 Å². The Morgan fingerprint density at radius 3 is 0.923 bits per heavy atom. The molecule has 0 aliphatic heterocycles. The van der Waals surface area contributed by atoms with Crippen molar-refractivity contribution in [3.8, 4) is 135 Å². The Labute approximate surface area is 452 Å². The summed E-state index contributed by atoms with van der Waals surface area (Å²) >= 11 is 0. The third kappa shape index (κ3) is 10.1. The minimum absolute atomic E-state index is 0.583. The number of rotatable bonds is 12. The first-order valence-electron chi connectivity index (χ1n) is 25.8. The third-order valence-corrected chi connectivity index (χ3v) is 13.6. The quantitative estimate of drug-likeness (QED) is 0.119. The zero-order valence-corrected chi connectivity index (χ0v) is 42.1. The minimum atomic E-state index is 0.583. The van der Waals surface area contributed by atoms with Gasteiger partial charge >= 0.3 is 0 Å². The fourth-order valence-electron chi connectivity index (χ4n) is 9.64. The molecule has 0 saturated heterocycles. The summed E-state index contributed by atoms with van der Waals surface area (Å²) in [6.07, 6.45) is 1.88. The van der Waals surface area contributed by atoms with Crippen molar-refractivity contribution in [2.24, 2.45) is 0 Å². The molecule has 0 unspecified atom stereocenters. The molecule has 0 atom stereocenters. The van der Waals surface area contributed by atoms with E-state index in [-0.39, 0.29) is 0 Å². The number of hydrogen-bond donors (Lipinski definition) is 0. The summed E-state index contributed by atoms with van der Waals surface area (Å²) in [6, 6.07) is 93.0. The summed E-state index contributed by atoms with van der Waals surface area (Å²) in [4.78, 5) is 40.5. The monoisotopic (exact) mass is 998 g/mol. The molecule has 4 aromatic heterocycles. The first kappa shape index (κ1) is 47.0. The Morgan fingerprint density at radius 1 is 0.154 bits per heavy atom. The second-order valence-corrected chi connectivity index (χ2v) is 18.8. The van der Waals surface area contributed by atoms with Crippen LogP contribution in [0.1, 0.15) is 0 Å². The molecule has 13 rings (SSSR count). The maximum Gasteiger partial charge on any atom is 0.164 e. The summed E-state index contributed by atoms with van der Waals surface area (Å²) in [5.74, 6) is 3.62. The van der Waals surface area contributed by atoms with Crippen LogP contribution in [0.5, 0.6) is 0 Å². The van der Waals surface area contributed by atoms with Crippen LogP contribution in [0.4, 0.5) is 0 Å². The van der Waals surface area contributed by atoms with Gasteiger partial charge in [-0.25, -0.2) is 34.9 Å². The molecule has 8 nitrogen and oxygen atoms in total. The minimum Gasteiger partial charge on any atom is -0.256 e. The van der Waals surface area contributed by atoms with Crippen molar-refractivity contribution >= 4 is 0 Å². The van der Waals surface area contributed by atoms with Crippen LogP contribution < -0.4 is 0 Å². The lowest BCUT2D eigenvalue weighted by molar-refractivity contribution is 1.07. The smallest absolute Gasteiger partial charge is 0.164 e. The maximum absolute atomic E-state index is 5.33. The van der Waals surface area contributed by atoms with Gasteiger partial charge in [0.25, 0.3) is 0 Å². The average molecular weight is 999 g/mol. The third-order valence-electron chi connectivity index (χ3n) is 13.6. The maximum atomic E-state index is 5.33. The van der Waals surface area contributed by atoms with Crippen molar-refractivity contribution in [3.63, 3.8) is 0 Å². The molecule has 4 heterocycles. The van der Waals surface area contributed by atoms with Gasteiger partial charge in [-0.15, -0.1) is 0 Å². The summed E-state index contributed by atoms with van der Waals surface area (Å²) in [6.45, 7) is 0. The van der Waals surface area contributed by atoms with Gasteiger partial charge in [0.05, 0.1) is 17.1 Å². The van der Waals surface area contributed by atoms with Crippen molar-refractivity contribution in [2.45, 2.75) is 0 Å². The van der Waals surface area contributed by atoms with E-state index in [9.17, 15) is 0 Å². The van der Waals surface area contributed by atoms with Crippen molar-refractivity contribution < 1.29 is 0 Å². The number of aromatic nitrogens is 8. The highest BCUT2D eigenvalue weighted by Crippen LogP contribution is 2.37. The van der Waals surface area contributed by atoms with E-state index in [0.717, 1.165) is 101 Å². The van der Waals surface area contributed by atoms with Gasteiger partial charge in [-0.2, -0.15) is 0 Å². The standard InChI is InChI=1S/C70H46N8/c1-7-21-47(22-8-1)58-41-59(43-61(42-58)70-77-67(51-29-15-5-16-30-51)74-68(78-70)52-31-17-6-18-32-52)54-37-38-71-62(44-54)55-34-20-35-56(40-55)64-46-60(45-63(72-64)48-23-9-2-10-24-48)53-33-19-36-57(39-53)69-75-65(49-25-11-3-12-26-49)73-66(76-69)50-27-13-4-14-28-50/h1-46H. The van der Waals surface area contributed by atoms with Gasteiger partial charge in [-0.1, -0.05) is 218 Å². The molecular weight excluding hydrogens is 953 g/mol. The Bertz CT molecular complexity index is 4120. The molecule has 13 aromatic rings. The van der Waals surface area contributed by atoms with Crippen LogP contribution in [-0.4, -0.2) is 39.9 Å². The number of nitrogens with zero attached hydrogens (tertiary/aromatic N) is 8. The Morgan fingerprint density at radius 2 is 0.436 bits per heavy atom. The van der Waals surface area contributed by atoms with Crippen LogP contribution in [0.2, 0.25) is 0 Å². The lowest BCUT2D eigenvalue weighted by Gasteiger charge is -2.14. The molecule has 366 valence electrons. The van der Waals surface area contributed by atoms with Gasteiger partial charge in [0.2, 0.25) is 0 Å². The molecule has 0 saturated carbocycles. The Kier molecular flexibility index (Phi) is 12.8. The van der Waals surface area contributed by atoms with Crippen LogP contribution in [-0.2, 0) is 0 Å². The van der Waals surface area contributed by atoms with Crippen LogP contribution in [0, 0.1) is 0 Å². The van der Waals surface area contributed by atoms with E-state index in [4.69, 9.17) is 39.9 Å². The molecule has 8 heteroatoms. The molecule has 9 aromatic carbocycles. The van der Waals surface area contributed by atoms with E-state index < -0.39 is 0 Å². The van der Waals surface area contributed by atoms with E-state index in [1.165, 1.54) is 0 Å². The van der Waals surface area contributed by atoms with Gasteiger partial charge in [-0.3, -0.25) is 4.98 Å². The molecule has 0 fully saturated rings. The average Bonchev–Trinajstić information content (AvgIpc) is 3.59. The topological polar surface area (TPSA) is 103 Å². The van der Waals surface area contributed by atoms with Crippen molar-refractivity contribution in [1.82, 2.24) is 39.9 Å². The second kappa shape index (κ2) is 21.3. The van der Waals surface area contributed by atoms with E-state index in [1.807, 2.05) is 152 Å². The molecule has 0 amide bonds. The molecule has 0 aliphatic carbocycles. The van der Waals surface area contributed by atoms with Crippen molar-refractivity contribution in [1.29, 1.82) is 0 Å². The molecule has 0 spiro atoms. The highest BCUT2D eigenvalue weighted by atomic mass is 15.0. The Balaban J connectivity index is 0.888. The Hall–Kier alpha value is -10.7. The summed E-state index contributed by atoms with van der Waals surface area (Å²) in [7, 11) is 0. The van der Waals surface area contributed by atoms with Crippen LogP contribution >= 0.6 is 0 Å². The first-order chi connectivity index (χ1) is 38.6. The first-order valence-corrected chi connectivity index (χ1v) is 25.8. The number of benzene rings is 9. The summed E-state index contributed by atoms with van der Waals surface area (Å²) < 4.78 is 0. The van der Waals surface area contributed by atoms with Crippen molar-refractivity contribution in [3.05, 3.63) is 279 Å². The lowest BCUT2D eigenvalue weighted by atomic mass is 9.95. The fraction of sp³-hybridized carbons (Fsp3) is 0. The van der Waals surface area contributed by atoms with Gasteiger partial charge in [0.15, 0.2) is 34.9 Å². The molecule has 0 bridgehead atoms. The van der Waals surface area contributed by atoms with E-state index in [0.29, 0.717) is 34.9 Å². The van der Waals surface area contributed by atoms with Gasteiger partial charge in [0.1, 0.15) is 0 Å². The van der Waals surface area contributed by atoms with E-state index in [2.05, 4.69) is 127 Å². The van der Waals surface area contributed by atoms with Gasteiger partial charge in [-0.05, 0) is 88.0 Å². The van der Waals surface area contributed by atoms with Gasteiger partial charge < -0.3 is 0 Å². The van der Waals surface area contributed by atoms with Gasteiger partial charge in [0, 0.05) is 56.3 Å². The number of pyridine rings is 2. The molecule has 78 heavy (non-hydrogen) atoms. The largest absolute Gasteiger partial charge is 0.256 e. The SMILES string of the molecule is c1ccc(-c2cc(-c3ccnc(-c4cccc(-c5cc(-c6cccc(-c7nc(-c8ccccc8)nc(-c8ccccc8)n7)c6)cc(-c6ccccc6)n5)c4)c3)cc(-c3nc(-c4ccccc4)nc(-c4ccccc4)n3)c2)cc1. The summed E-state index contributed by atoms with van der Waals surface area (Å²) in [5.41, 5.74) is 17.0. The van der Waals surface area contributed by atoms with Crippen molar-refractivity contribution in [2.75, 3.05) is 0 Å². The van der Waals surface area contributed by atoms with E-state index >= 15 is 0 Å². The highest BCUT2D eigenvalue weighted by Gasteiger charge is 2.18. The zero-order valence-electron chi connectivity index (χ0n) is 42.1. The van der Waals surface area contributed by atoms with Crippen LogP contribution in [0.3, 0.4) is 0 Å². The molecule has 0 radical (unpaired) electrons. The fourth-order valence-corrected chi connectivity index (χ4v) is 9.64. The normalized spacial score (nSPS) is 11.1. The number of hydrogen-bond acceptors (Lipinski definition) is 8. The van der Waals surface area contributed by atoms with Crippen LogP contribution in [0.25, 0.3) is 135 Å². The molecule has 0 aliphatic rings. The summed E-state index contributed by atoms with van der Waals surface area (Å²) in [5, 5.41) is 0. The molecular formula is C70H46N8. The van der Waals surface area contributed by atoms with Crippen LogP contribution in [0.15, 0.2) is 279 Å². The molecule has 0 N–H and O–H groups in total. The lowest BCUT2D eigenvalue weighted by Crippen LogP contribution is -2.00. The predicted molar refractivity (Wildman–Crippen MR) is 314 cm³/mol. The second-order valence-electron chi connectivity index (χ2n) is 18.8. The highest BCUT2D eigenvalue weighted by molar-refractivity contribution is 5.84. The zero-order chi connectivity index (χ0) is 52.0. The predicted octanol–water partition coefficient (Wildman–Crippen LogP) is 16.9.